The Morgan fingerprint density at radius 3 is 3.06 bits per heavy atom. The molecule has 0 saturated carbocycles. The number of aromatic amines is 1. The Labute approximate surface area is 91.4 Å². The van der Waals surface area contributed by atoms with Gasteiger partial charge in [-0.25, -0.2) is 15.0 Å². The molecule has 2 rings (SSSR count). The predicted molar refractivity (Wildman–Crippen MR) is 54.3 cm³/mol. The molecule has 7 heteroatoms. The smallest absolute Gasteiger partial charge is 0.288 e. The average molecular weight is 218 g/mol. The zero-order valence-corrected chi connectivity index (χ0v) is 8.64. The van der Waals surface area contributed by atoms with Crippen LogP contribution in [0.3, 0.4) is 0 Å². The summed E-state index contributed by atoms with van der Waals surface area (Å²) in [5.74, 6) is 0.547. The summed E-state index contributed by atoms with van der Waals surface area (Å²) in [4.78, 5) is 23.3. The molecule has 0 aromatic carbocycles. The fraction of sp³-hybridized carbons (Fsp3) is 0.222. The van der Waals surface area contributed by atoms with E-state index in [1.807, 2.05) is 0 Å². The summed E-state index contributed by atoms with van der Waals surface area (Å²) >= 11 is 0. The minimum atomic E-state index is -0.311. The number of aryl methyl sites for hydroxylation is 1. The lowest BCUT2D eigenvalue weighted by Gasteiger charge is -2.02. The highest BCUT2D eigenvalue weighted by molar-refractivity contribution is 5.90. The quantitative estimate of drug-likeness (QED) is 0.745. The van der Waals surface area contributed by atoms with E-state index in [0.717, 1.165) is 5.69 Å². The average Bonchev–Trinajstić information content (AvgIpc) is 2.79. The van der Waals surface area contributed by atoms with Crippen molar-refractivity contribution in [1.82, 2.24) is 30.5 Å². The molecule has 2 N–H and O–H groups in total. The predicted octanol–water partition coefficient (Wildman–Crippen LogP) is -0.167. The van der Waals surface area contributed by atoms with Gasteiger partial charge >= 0.3 is 0 Å². The van der Waals surface area contributed by atoms with Gasteiger partial charge in [0.25, 0.3) is 5.91 Å². The van der Waals surface area contributed by atoms with E-state index in [-0.39, 0.29) is 11.7 Å². The Balaban J connectivity index is 1.95. The van der Waals surface area contributed by atoms with Crippen LogP contribution in [0.1, 0.15) is 22.1 Å². The Bertz CT molecular complexity index is 481. The summed E-state index contributed by atoms with van der Waals surface area (Å²) in [5, 5.41) is 8.73. The molecule has 7 nitrogen and oxygen atoms in total. The van der Waals surface area contributed by atoms with Crippen molar-refractivity contribution >= 4 is 5.91 Å². The number of nitrogens with one attached hydrogen (secondary N) is 2. The number of rotatable bonds is 3. The molecule has 2 aromatic rings. The van der Waals surface area contributed by atoms with Crippen molar-refractivity contribution in [3.63, 3.8) is 0 Å². The van der Waals surface area contributed by atoms with E-state index in [0.29, 0.717) is 12.4 Å². The Morgan fingerprint density at radius 1 is 1.50 bits per heavy atom. The van der Waals surface area contributed by atoms with Gasteiger partial charge in [-0.15, -0.1) is 0 Å². The standard InChI is InChI=1S/C9H10N6O/c1-6-10-3-2-7(14-6)4-11-9(16)8-12-5-13-15-8/h2-3,5H,4H2,1H3,(H,11,16)(H,12,13,15). The first-order chi connectivity index (χ1) is 7.75. The minimum absolute atomic E-state index is 0.186. The van der Waals surface area contributed by atoms with E-state index in [1.165, 1.54) is 6.33 Å². The Morgan fingerprint density at radius 2 is 2.38 bits per heavy atom. The molecule has 0 fully saturated rings. The number of amides is 1. The van der Waals surface area contributed by atoms with Gasteiger partial charge in [0.15, 0.2) is 0 Å². The van der Waals surface area contributed by atoms with Crippen LogP contribution in [0.5, 0.6) is 0 Å². The topological polar surface area (TPSA) is 96.5 Å². The van der Waals surface area contributed by atoms with Crippen molar-refractivity contribution in [1.29, 1.82) is 0 Å². The molecule has 16 heavy (non-hydrogen) atoms. The minimum Gasteiger partial charge on any atom is -0.344 e. The van der Waals surface area contributed by atoms with Crippen molar-refractivity contribution < 1.29 is 4.79 Å². The molecule has 0 unspecified atom stereocenters. The maximum atomic E-state index is 11.5. The first-order valence-electron chi connectivity index (χ1n) is 4.68. The highest BCUT2D eigenvalue weighted by atomic mass is 16.2. The third-order valence-corrected chi connectivity index (χ3v) is 1.89. The molecular weight excluding hydrogens is 208 g/mol. The molecule has 0 aliphatic heterocycles. The van der Waals surface area contributed by atoms with Gasteiger partial charge in [0.1, 0.15) is 12.2 Å². The number of H-pyrrole nitrogens is 1. The Hall–Kier alpha value is -2.31. The largest absolute Gasteiger partial charge is 0.344 e. The summed E-state index contributed by atoms with van der Waals surface area (Å²) in [6.07, 6.45) is 2.93. The molecular formula is C9H10N6O. The number of carbonyl (C=O) groups is 1. The second-order valence-corrected chi connectivity index (χ2v) is 3.11. The third kappa shape index (κ3) is 2.38. The van der Waals surface area contributed by atoms with Crippen molar-refractivity contribution in [3.05, 3.63) is 35.9 Å². The van der Waals surface area contributed by atoms with Crippen LogP contribution < -0.4 is 5.32 Å². The summed E-state index contributed by atoms with van der Waals surface area (Å²) in [6, 6.07) is 1.74. The van der Waals surface area contributed by atoms with E-state index in [2.05, 4.69) is 30.5 Å². The molecule has 0 atom stereocenters. The zero-order valence-electron chi connectivity index (χ0n) is 8.64. The normalized spacial score (nSPS) is 10.1. The Kier molecular flexibility index (Phi) is 2.86. The molecule has 0 spiro atoms. The molecule has 0 aliphatic carbocycles. The van der Waals surface area contributed by atoms with E-state index in [4.69, 9.17) is 0 Å². The number of carbonyl (C=O) groups excluding carboxylic acids is 1. The molecule has 1 amide bonds. The van der Waals surface area contributed by atoms with Crippen molar-refractivity contribution in [2.75, 3.05) is 0 Å². The number of hydrogen-bond acceptors (Lipinski definition) is 5. The zero-order chi connectivity index (χ0) is 11.4. The monoisotopic (exact) mass is 218 g/mol. The molecule has 0 aliphatic rings. The lowest BCUT2D eigenvalue weighted by Crippen LogP contribution is -2.24. The molecule has 0 saturated heterocycles. The van der Waals surface area contributed by atoms with Crippen LogP contribution in [0.25, 0.3) is 0 Å². The molecule has 82 valence electrons. The van der Waals surface area contributed by atoms with Gasteiger partial charge in [0.05, 0.1) is 12.2 Å². The fourth-order valence-electron chi connectivity index (χ4n) is 1.17. The van der Waals surface area contributed by atoms with Crippen LogP contribution in [-0.4, -0.2) is 31.1 Å². The highest BCUT2D eigenvalue weighted by Gasteiger charge is 2.07. The van der Waals surface area contributed by atoms with Crippen molar-refractivity contribution in [3.8, 4) is 0 Å². The summed E-state index contributed by atoms with van der Waals surface area (Å²) in [5.41, 5.74) is 0.750. The second-order valence-electron chi connectivity index (χ2n) is 3.11. The van der Waals surface area contributed by atoms with E-state index >= 15 is 0 Å². The molecule has 2 aromatic heterocycles. The van der Waals surface area contributed by atoms with Crippen LogP contribution >= 0.6 is 0 Å². The SMILES string of the molecule is Cc1nccc(CNC(=O)c2ncn[nH]2)n1. The number of nitrogens with zero attached hydrogens (tertiary/aromatic N) is 4. The van der Waals surface area contributed by atoms with Gasteiger partial charge in [-0.3, -0.25) is 9.89 Å². The van der Waals surface area contributed by atoms with Crippen LogP contribution in [0, 0.1) is 6.92 Å². The third-order valence-electron chi connectivity index (χ3n) is 1.89. The van der Waals surface area contributed by atoms with Crippen molar-refractivity contribution in [2.45, 2.75) is 13.5 Å². The van der Waals surface area contributed by atoms with Gasteiger partial charge in [-0.1, -0.05) is 0 Å². The van der Waals surface area contributed by atoms with Crippen molar-refractivity contribution in [2.24, 2.45) is 0 Å². The van der Waals surface area contributed by atoms with Crippen LogP contribution in [0.15, 0.2) is 18.6 Å². The molecule has 2 heterocycles. The van der Waals surface area contributed by atoms with Gasteiger partial charge in [-0.2, -0.15) is 5.10 Å². The lowest BCUT2D eigenvalue weighted by molar-refractivity contribution is 0.0940. The van der Waals surface area contributed by atoms with Crippen LogP contribution in [0.2, 0.25) is 0 Å². The van der Waals surface area contributed by atoms with E-state index in [9.17, 15) is 4.79 Å². The van der Waals surface area contributed by atoms with E-state index < -0.39 is 0 Å². The van der Waals surface area contributed by atoms with Gasteiger partial charge < -0.3 is 5.32 Å². The van der Waals surface area contributed by atoms with Crippen LogP contribution in [0.4, 0.5) is 0 Å². The number of aromatic nitrogens is 5. The lowest BCUT2D eigenvalue weighted by atomic mass is 10.4. The van der Waals surface area contributed by atoms with Gasteiger partial charge in [0, 0.05) is 6.20 Å². The van der Waals surface area contributed by atoms with Crippen LogP contribution in [-0.2, 0) is 6.54 Å². The number of hydrogen-bond donors (Lipinski definition) is 2. The maximum absolute atomic E-state index is 11.5. The van der Waals surface area contributed by atoms with Gasteiger partial charge in [-0.05, 0) is 13.0 Å². The van der Waals surface area contributed by atoms with Gasteiger partial charge in [0.2, 0.25) is 5.82 Å². The first-order valence-corrected chi connectivity index (χ1v) is 4.68. The summed E-state index contributed by atoms with van der Waals surface area (Å²) in [7, 11) is 0. The second kappa shape index (κ2) is 4.47. The van der Waals surface area contributed by atoms with E-state index in [1.54, 1.807) is 19.2 Å². The summed E-state index contributed by atoms with van der Waals surface area (Å²) in [6.45, 7) is 2.13. The molecule has 0 bridgehead atoms. The fourth-order valence-corrected chi connectivity index (χ4v) is 1.17. The highest BCUT2D eigenvalue weighted by Crippen LogP contribution is 1.94. The first kappa shape index (κ1) is 10.2. The molecule has 0 radical (unpaired) electrons. The summed E-state index contributed by atoms with van der Waals surface area (Å²) < 4.78 is 0. The maximum Gasteiger partial charge on any atom is 0.288 e.